The topological polar surface area (TPSA) is 29.1 Å². The molecule has 3 rings (SSSR count). The summed E-state index contributed by atoms with van der Waals surface area (Å²) in [5.41, 5.74) is -2.82. The number of amides is 1. The Hall–Kier alpha value is -2.58. The van der Waals surface area contributed by atoms with Crippen molar-refractivity contribution in [2.45, 2.75) is 31.4 Å². The lowest BCUT2D eigenvalue weighted by Gasteiger charge is -2.25. The van der Waals surface area contributed by atoms with Crippen LogP contribution in [0.15, 0.2) is 24.3 Å². The number of hydrogen-bond donors (Lipinski definition) is 1. The lowest BCUT2D eigenvalue weighted by molar-refractivity contribution is -0.143. The number of fused-ring (bicyclic) bond motifs is 1. The molecule has 0 heterocycles. The van der Waals surface area contributed by atoms with Crippen LogP contribution in [-0.4, -0.2) is 5.91 Å². The van der Waals surface area contributed by atoms with Gasteiger partial charge in [-0.15, -0.1) is 0 Å². The van der Waals surface area contributed by atoms with Gasteiger partial charge in [-0.1, -0.05) is 24.3 Å². The average Bonchev–Trinajstić information content (AvgIpc) is 2.62. The Balaban J connectivity index is 1.99. The third kappa shape index (κ3) is 3.38. The van der Waals surface area contributed by atoms with E-state index in [-0.39, 0.29) is 0 Å². The summed E-state index contributed by atoms with van der Waals surface area (Å²) in [6.45, 7) is 0. The first-order valence-corrected chi connectivity index (χ1v) is 7.94. The molecule has 27 heavy (non-hydrogen) atoms. The van der Waals surface area contributed by atoms with E-state index in [1.165, 1.54) is 0 Å². The van der Waals surface area contributed by atoms with Gasteiger partial charge >= 0.3 is 6.18 Å². The molecule has 9 heteroatoms. The molecule has 0 aromatic heterocycles. The van der Waals surface area contributed by atoms with Gasteiger partial charge in [0, 0.05) is 0 Å². The molecule has 1 aliphatic rings. The van der Waals surface area contributed by atoms with Crippen LogP contribution in [0.25, 0.3) is 0 Å². The van der Waals surface area contributed by atoms with Crippen LogP contribution in [0.4, 0.5) is 36.4 Å². The summed E-state index contributed by atoms with van der Waals surface area (Å²) >= 11 is 0. The van der Waals surface area contributed by atoms with Gasteiger partial charge in [0.05, 0.1) is 5.92 Å². The molecule has 0 saturated heterocycles. The van der Waals surface area contributed by atoms with E-state index in [4.69, 9.17) is 0 Å². The van der Waals surface area contributed by atoms with Gasteiger partial charge in [-0.25, -0.2) is 17.6 Å². The molecule has 0 radical (unpaired) electrons. The fraction of sp³-hybridized carbons (Fsp3) is 0.278. The maximum absolute atomic E-state index is 14.0. The molecular formula is C18H12F7NO. The Morgan fingerprint density at radius 2 is 1.56 bits per heavy atom. The molecule has 0 bridgehead atoms. The van der Waals surface area contributed by atoms with Crippen LogP contribution in [0, 0.1) is 23.3 Å². The summed E-state index contributed by atoms with van der Waals surface area (Å²) in [7, 11) is 0. The highest BCUT2D eigenvalue weighted by atomic mass is 19.4. The predicted molar refractivity (Wildman–Crippen MR) is 82.0 cm³/mol. The second-order valence-corrected chi connectivity index (χ2v) is 6.14. The summed E-state index contributed by atoms with van der Waals surface area (Å²) in [4.78, 5) is 12.4. The molecule has 1 atom stereocenters. The highest BCUT2D eigenvalue weighted by Crippen LogP contribution is 2.39. The number of anilines is 1. The Morgan fingerprint density at radius 3 is 2.15 bits per heavy atom. The summed E-state index contributed by atoms with van der Waals surface area (Å²) in [5, 5.41) is 1.71. The summed E-state index contributed by atoms with van der Waals surface area (Å²) in [5.74, 6) is -11.6. The maximum Gasteiger partial charge on any atom is 0.422 e. The summed E-state index contributed by atoms with van der Waals surface area (Å²) in [6, 6.07) is 6.81. The van der Waals surface area contributed by atoms with E-state index < -0.39 is 52.5 Å². The molecule has 2 aromatic carbocycles. The van der Waals surface area contributed by atoms with Crippen molar-refractivity contribution in [2.24, 2.45) is 0 Å². The molecule has 1 unspecified atom stereocenters. The molecule has 2 aromatic rings. The van der Waals surface area contributed by atoms with Crippen molar-refractivity contribution < 1.29 is 35.5 Å². The molecule has 1 aliphatic carbocycles. The van der Waals surface area contributed by atoms with Crippen LogP contribution in [0.1, 0.15) is 35.4 Å². The minimum Gasteiger partial charge on any atom is -0.320 e. The van der Waals surface area contributed by atoms with Crippen LogP contribution >= 0.6 is 0 Å². The number of carbonyl (C=O) groups is 1. The van der Waals surface area contributed by atoms with Crippen molar-refractivity contribution >= 4 is 11.6 Å². The zero-order valence-corrected chi connectivity index (χ0v) is 13.6. The molecular weight excluding hydrogens is 379 g/mol. The average molecular weight is 391 g/mol. The Morgan fingerprint density at radius 1 is 0.963 bits per heavy atom. The van der Waals surface area contributed by atoms with Gasteiger partial charge in [-0.3, -0.25) is 4.79 Å². The highest BCUT2D eigenvalue weighted by Gasteiger charge is 2.42. The monoisotopic (exact) mass is 391 g/mol. The minimum atomic E-state index is -5.64. The predicted octanol–water partition coefficient (Wildman–Crippen LogP) is 5.32. The molecule has 0 aliphatic heterocycles. The van der Waals surface area contributed by atoms with Crippen LogP contribution in [0.5, 0.6) is 0 Å². The summed E-state index contributed by atoms with van der Waals surface area (Å²) in [6.07, 6.45) is -4.04. The van der Waals surface area contributed by atoms with Crippen LogP contribution in [0.2, 0.25) is 0 Å². The van der Waals surface area contributed by atoms with Gasteiger partial charge in [0.25, 0.3) is 0 Å². The molecule has 1 N–H and O–H groups in total. The van der Waals surface area contributed by atoms with Crippen molar-refractivity contribution in [3.63, 3.8) is 0 Å². The van der Waals surface area contributed by atoms with E-state index in [1.54, 1.807) is 29.6 Å². The number of aryl methyl sites for hydroxylation is 1. The zero-order valence-electron chi connectivity index (χ0n) is 13.6. The molecule has 0 saturated carbocycles. The number of rotatable bonds is 2. The van der Waals surface area contributed by atoms with Gasteiger partial charge in [-0.2, -0.15) is 13.2 Å². The minimum absolute atomic E-state index is 0.317. The number of hydrogen-bond acceptors (Lipinski definition) is 1. The summed E-state index contributed by atoms with van der Waals surface area (Å²) < 4.78 is 93.1. The standard InChI is InChI=1S/C18H12F7NO/c19-12-11(18(23,24)25)13(20)15(22)16(14(12)21)26-17(27)10-7-3-5-8-4-1-2-6-9(8)10/h1-2,4,6,10H,3,5,7H2,(H,26,27). The third-order valence-electron chi connectivity index (χ3n) is 4.48. The van der Waals surface area contributed by atoms with E-state index >= 15 is 0 Å². The Kier molecular flexibility index (Phi) is 4.88. The van der Waals surface area contributed by atoms with Crippen molar-refractivity contribution in [1.82, 2.24) is 0 Å². The molecule has 0 spiro atoms. The van der Waals surface area contributed by atoms with Gasteiger partial charge in [0.2, 0.25) is 5.91 Å². The van der Waals surface area contributed by atoms with Crippen molar-refractivity contribution in [3.05, 3.63) is 64.2 Å². The SMILES string of the molecule is O=C(Nc1c(F)c(F)c(C(F)(F)F)c(F)c1F)C1CCCc2ccccc21. The smallest absolute Gasteiger partial charge is 0.320 e. The van der Waals surface area contributed by atoms with E-state index in [2.05, 4.69) is 0 Å². The lowest BCUT2D eigenvalue weighted by atomic mass is 9.82. The van der Waals surface area contributed by atoms with Crippen molar-refractivity contribution in [2.75, 3.05) is 5.32 Å². The zero-order chi connectivity index (χ0) is 19.9. The maximum atomic E-state index is 14.0. The normalized spacial score (nSPS) is 16.8. The Labute approximate surface area is 149 Å². The van der Waals surface area contributed by atoms with Gasteiger partial charge < -0.3 is 5.32 Å². The van der Waals surface area contributed by atoms with E-state index in [0.29, 0.717) is 24.8 Å². The fourth-order valence-electron chi connectivity index (χ4n) is 3.23. The fourth-order valence-corrected chi connectivity index (χ4v) is 3.23. The molecule has 1 amide bonds. The van der Waals surface area contributed by atoms with Gasteiger partial charge in [-0.05, 0) is 30.4 Å². The van der Waals surface area contributed by atoms with E-state index in [1.807, 2.05) is 0 Å². The van der Waals surface area contributed by atoms with Gasteiger partial charge in [0.1, 0.15) is 11.3 Å². The van der Waals surface area contributed by atoms with E-state index in [9.17, 15) is 35.5 Å². The van der Waals surface area contributed by atoms with Crippen LogP contribution in [-0.2, 0) is 17.4 Å². The lowest BCUT2D eigenvalue weighted by Crippen LogP contribution is -2.27. The van der Waals surface area contributed by atoms with Crippen molar-refractivity contribution in [3.8, 4) is 0 Å². The quantitative estimate of drug-likeness (QED) is 0.545. The van der Waals surface area contributed by atoms with E-state index in [0.717, 1.165) is 5.56 Å². The largest absolute Gasteiger partial charge is 0.422 e. The number of halogens is 7. The first kappa shape index (κ1) is 19.2. The van der Waals surface area contributed by atoms with Crippen molar-refractivity contribution in [1.29, 1.82) is 0 Å². The van der Waals surface area contributed by atoms with Crippen LogP contribution in [0.3, 0.4) is 0 Å². The number of alkyl halides is 3. The first-order valence-electron chi connectivity index (χ1n) is 7.94. The first-order chi connectivity index (χ1) is 12.6. The number of carbonyl (C=O) groups excluding carboxylic acids is 1. The molecule has 144 valence electrons. The van der Waals surface area contributed by atoms with Gasteiger partial charge in [0.15, 0.2) is 23.3 Å². The molecule has 0 fully saturated rings. The number of nitrogens with one attached hydrogen (secondary N) is 1. The third-order valence-corrected chi connectivity index (χ3v) is 4.48. The molecule has 2 nitrogen and oxygen atoms in total. The second-order valence-electron chi connectivity index (χ2n) is 6.14. The Bertz CT molecular complexity index is 878. The highest BCUT2D eigenvalue weighted by molar-refractivity contribution is 5.96. The number of benzene rings is 2. The van der Waals surface area contributed by atoms with Crippen LogP contribution < -0.4 is 5.32 Å². The second kappa shape index (κ2) is 6.86.